The van der Waals surface area contributed by atoms with Crippen molar-refractivity contribution >= 4 is 17.5 Å². The van der Waals surface area contributed by atoms with Crippen molar-refractivity contribution in [3.63, 3.8) is 0 Å². The number of carbonyl (C=O) groups excluding carboxylic acids is 2. The van der Waals surface area contributed by atoms with Crippen LogP contribution >= 0.6 is 0 Å². The highest BCUT2D eigenvalue weighted by atomic mass is 19.4. The van der Waals surface area contributed by atoms with Gasteiger partial charge < -0.3 is 10.6 Å². The lowest BCUT2D eigenvalue weighted by molar-refractivity contribution is -0.137. The van der Waals surface area contributed by atoms with Crippen molar-refractivity contribution in [2.45, 2.75) is 25.6 Å². The summed E-state index contributed by atoms with van der Waals surface area (Å²) >= 11 is 0. The lowest BCUT2D eigenvalue weighted by Gasteiger charge is -2.11. The molecule has 1 aromatic heterocycles. The van der Waals surface area contributed by atoms with Crippen LogP contribution in [0.1, 0.15) is 34.5 Å². The second kappa shape index (κ2) is 8.21. The van der Waals surface area contributed by atoms with Crippen molar-refractivity contribution < 1.29 is 22.8 Å². The molecule has 160 valence electrons. The molecule has 2 aromatic carbocycles. The predicted octanol–water partition coefficient (Wildman–Crippen LogP) is 3.56. The Kier molecular flexibility index (Phi) is 5.45. The maximum absolute atomic E-state index is 13.2. The fourth-order valence-electron chi connectivity index (χ4n) is 2.97. The summed E-state index contributed by atoms with van der Waals surface area (Å²) in [5.74, 6) is -0.450. The van der Waals surface area contributed by atoms with E-state index in [2.05, 4.69) is 20.9 Å². The standard InChI is InChI=1S/C21H18F3N5O2/c22-21(23,24)16-3-1-2-4-18(16)29-12-17(27-28-29)20(31)25-11-13-5-9-15(10-6-13)26-19(30)14-7-8-14/h1-6,9-10,12,14H,7-8,11H2,(H,25,31)(H,26,30). The second-order valence-corrected chi connectivity index (χ2v) is 7.21. The normalized spacial score (nSPS) is 13.6. The summed E-state index contributed by atoms with van der Waals surface area (Å²) < 4.78 is 40.5. The molecule has 1 aliphatic rings. The predicted molar refractivity (Wildman–Crippen MR) is 105 cm³/mol. The second-order valence-electron chi connectivity index (χ2n) is 7.21. The molecule has 7 nitrogen and oxygen atoms in total. The van der Waals surface area contributed by atoms with Gasteiger partial charge in [-0.25, -0.2) is 4.68 Å². The molecule has 0 spiro atoms. The number of anilines is 1. The van der Waals surface area contributed by atoms with Crippen LogP contribution in [0.5, 0.6) is 0 Å². The van der Waals surface area contributed by atoms with Crippen molar-refractivity contribution in [1.29, 1.82) is 0 Å². The highest BCUT2D eigenvalue weighted by molar-refractivity contribution is 5.94. The quantitative estimate of drug-likeness (QED) is 0.627. The Labute approximate surface area is 175 Å². The third kappa shape index (κ3) is 4.90. The summed E-state index contributed by atoms with van der Waals surface area (Å²) in [4.78, 5) is 24.1. The number of hydrogen-bond acceptors (Lipinski definition) is 4. The molecule has 1 fully saturated rings. The number of carbonyl (C=O) groups is 2. The van der Waals surface area contributed by atoms with Crippen LogP contribution in [-0.4, -0.2) is 26.8 Å². The first-order chi connectivity index (χ1) is 14.8. The Morgan fingerprint density at radius 3 is 2.45 bits per heavy atom. The zero-order valence-corrected chi connectivity index (χ0v) is 16.2. The zero-order valence-electron chi connectivity index (χ0n) is 16.2. The number of benzene rings is 2. The topological polar surface area (TPSA) is 88.9 Å². The van der Waals surface area contributed by atoms with E-state index >= 15 is 0 Å². The summed E-state index contributed by atoms with van der Waals surface area (Å²) in [5.41, 5.74) is 0.266. The van der Waals surface area contributed by atoms with Crippen LogP contribution in [0.15, 0.2) is 54.7 Å². The van der Waals surface area contributed by atoms with Crippen molar-refractivity contribution in [2.75, 3.05) is 5.32 Å². The van der Waals surface area contributed by atoms with Gasteiger partial charge in [-0.1, -0.05) is 29.5 Å². The Balaban J connectivity index is 1.38. The van der Waals surface area contributed by atoms with Gasteiger partial charge in [0.1, 0.15) is 0 Å². The van der Waals surface area contributed by atoms with Gasteiger partial charge in [-0.2, -0.15) is 13.2 Å². The molecular weight excluding hydrogens is 411 g/mol. The monoisotopic (exact) mass is 429 g/mol. The van der Waals surface area contributed by atoms with Gasteiger partial charge in [0.15, 0.2) is 5.69 Å². The summed E-state index contributed by atoms with van der Waals surface area (Å²) in [6, 6.07) is 11.9. The van der Waals surface area contributed by atoms with Gasteiger partial charge in [-0.15, -0.1) is 5.10 Å². The number of alkyl halides is 3. The Morgan fingerprint density at radius 2 is 1.77 bits per heavy atom. The number of nitrogens with zero attached hydrogens (tertiary/aromatic N) is 3. The molecular formula is C21H18F3N5O2. The molecule has 0 aliphatic heterocycles. The lowest BCUT2D eigenvalue weighted by atomic mass is 10.1. The van der Waals surface area contributed by atoms with E-state index in [9.17, 15) is 22.8 Å². The van der Waals surface area contributed by atoms with Gasteiger partial charge in [0.2, 0.25) is 5.91 Å². The van der Waals surface area contributed by atoms with Crippen molar-refractivity contribution in [3.05, 3.63) is 71.5 Å². The summed E-state index contributed by atoms with van der Waals surface area (Å²) in [6.45, 7) is 0.182. The fourth-order valence-corrected chi connectivity index (χ4v) is 2.97. The molecule has 0 atom stereocenters. The van der Waals surface area contributed by atoms with Crippen LogP contribution in [0.2, 0.25) is 0 Å². The van der Waals surface area contributed by atoms with Crippen molar-refractivity contribution in [1.82, 2.24) is 20.3 Å². The minimum Gasteiger partial charge on any atom is -0.347 e. The molecule has 10 heteroatoms. The Hall–Kier alpha value is -3.69. The first-order valence-corrected chi connectivity index (χ1v) is 9.58. The van der Waals surface area contributed by atoms with E-state index in [0.29, 0.717) is 5.69 Å². The molecule has 3 aromatic rings. The van der Waals surface area contributed by atoms with Crippen LogP contribution in [-0.2, 0) is 17.5 Å². The average molecular weight is 429 g/mol. The number of para-hydroxylation sites is 1. The fraction of sp³-hybridized carbons (Fsp3) is 0.238. The highest BCUT2D eigenvalue weighted by Crippen LogP contribution is 2.33. The molecule has 2 amide bonds. The number of halogens is 3. The van der Waals surface area contributed by atoms with Gasteiger partial charge in [0.25, 0.3) is 5.91 Å². The molecule has 0 radical (unpaired) electrons. The first kappa shape index (κ1) is 20.6. The van der Waals surface area contributed by atoms with Crippen LogP contribution in [0.3, 0.4) is 0 Å². The minimum atomic E-state index is -4.56. The van der Waals surface area contributed by atoms with Crippen LogP contribution < -0.4 is 10.6 Å². The number of rotatable bonds is 6. The van der Waals surface area contributed by atoms with E-state index in [4.69, 9.17) is 0 Å². The first-order valence-electron chi connectivity index (χ1n) is 9.58. The number of amides is 2. The number of hydrogen-bond donors (Lipinski definition) is 2. The highest BCUT2D eigenvalue weighted by Gasteiger charge is 2.34. The molecule has 0 unspecified atom stereocenters. The number of aromatic nitrogens is 3. The van der Waals surface area contributed by atoms with Gasteiger partial charge in [-0.05, 0) is 42.7 Å². The van der Waals surface area contributed by atoms with E-state index in [1.165, 1.54) is 18.2 Å². The van der Waals surface area contributed by atoms with E-state index in [1.54, 1.807) is 24.3 Å². The summed E-state index contributed by atoms with van der Waals surface area (Å²) in [5, 5.41) is 12.8. The SMILES string of the molecule is O=C(NCc1ccc(NC(=O)C2CC2)cc1)c1cn(-c2ccccc2C(F)(F)F)nn1. The summed E-state index contributed by atoms with van der Waals surface area (Å²) in [7, 11) is 0. The Bertz CT molecular complexity index is 1100. The van der Waals surface area contributed by atoms with E-state index in [0.717, 1.165) is 35.4 Å². The molecule has 4 rings (SSSR count). The van der Waals surface area contributed by atoms with Gasteiger partial charge in [0, 0.05) is 18.2 Å². The van der Waals surface area contributed by atoms with Crippen LogP contribution in [0.4, 0.5) is 18.9 Å². The van der Waals surface area contributed by atoms with Crippen molar-refractivity contribution in [2.24, 2.45) is 5.92 Å². The maximum atomic E-state index is 13.2. The molecule has 31 heavy (non-hydrogen) atoms. The molecule has 1 aliphatic carbocycles. The molecule has 2 N–H and O–H groups in total. The van der Waals surface area contributed by atoms with Crippen LogP contribution in [0.25, 0.3) is 5.69 Å². The summed E-state index contributed by atoms with van der Waals surface area (Å²) in [6.07, 6.45) is -1.57. The van der Waals surface area contributed by atoms with Gasteiger partial charge >= 0.3 is 6.18 Å². The Morgan fingerprint density at radius 1 is 1.06 bits per heavy atom. The molecule has 1 saturated carbocycles. The lowest BCUT2D eigenvalue weighted by Crippen LogP contribution is -2.23. The van der Waals surface area contributed by atoms with Crippen LogP contribution in [0, 0.1) is 5.92 Å². The van der Waals surface area contributed by atoms with E-state index in [1.807, 2.05) is 0 Å². The van der Waals surface area contributed by atoms with E-state index in [-0.39, 0.29) is 29.8 Å². The van der Waals surface area contributed by atoms with Gasteiger partial charge in [0.05, 0.1) is 17.4 Å². The molecule has 0 bridgehead atoms. The van der Waals surface area contributed by atoms with Gasteiger partial charge in [-0.3, -0.25) is 9.59 Å². The smallest absolute Gasteiger partial charge is 0.347 e. The largest absolute Gasteiger partial charge is 0.418 e. The zero-order chi connectivity index (χ0) is 22.0. The molecule has 1 heterocycles. The minimum absolute atomic E-state index is 0.0104. The van der Waals surface area contributed by atoms with E-state index < -0.39 is 17.6 Å². The van der Waals surface area contributed by atoms with Crippen molar-refractivity contribution in [3.8, 4) is 5.69 Å². The molecule has 0 saturated heterocycles. The maximum Gasteiger partial charge on any atom is 0.418 e. The third-order valence-electron chi connectivity index (χ3n) is 4.80. The number of nitrogens with one attached hydrogen (secondary N) is 2. The third-order valence-corrected chi connectivity index (χ3v) is 4.80. The average Bonchev–Trinajstić information content (AvgIpc) is 3.49.